The maximum Gasteiger partial charge on any atom is 0.252 e. The molecule has 1 fully saturated rings. The van der Waals surface area contributed by atoms with Gasteiger partial charge in [-0.3, -0.25) is 4.79 Å². The van der Waals surface area contributed by atoms with Crippen molar-refractivity contribution in [1.82, 2.24) is 10.3 Å². The molecule has 0 saturated heterocycles. The van der Waals surface area contributed by atoms with Crippen molar-refractivity contribution in [2.45, 2.75) is 37.8 Å². The molecule has 0 unspecified atom stereocenters. The van der Waals surface area contributed by atoms with E-state index in [0.717, 1.165) is 31.1 Å². The average Bonchev–Trinajstić information content (AvgIpc) is 2.46. The van der Waals surface area contributed by atoms with Crippen molar-refractivity contribution < 1.29 is 9.90 Å². The van der Waals surface area contributed by atoms with Gasteiger partial charge in [0.15, 0.2) is 0 Å². The number of nitrogens with one attached hydrogen (secondary N) is 1. The summed E-state index contributed by atoms with van der Waals surface area (Å²) in [6, 6.07) is 8.55. The van der Waals surface area contributed by atoms with Crippen LogP contribution in [0.15, 0.2) is 30.3 Å². The van der Waals surface area contributed by atoms with Gasteiger partial charge in [0.05, 0.1) is 11.2 Å². The number of pyridine rings is 1. The van der Waals surface area contributed by atoms with E-state index < -0.39 is 5.66 Å². The molecule has 0 aliphatic heterocycles. The Labute approximate surface area is 123 Å². The molecule has 1 aromatic carbocycles. The van der Waals surface area contributed by atoms with Crippen molar-refractivity contribution in [2.24, 2.45) is 5.73 Å². The monoisotopic (exact) mass is 285 g/mol. The van der Waals surface area contributed by atoms with Crippen molar-refractivity contribution in [1.29, 1.82) is 0 Å². The highest BCUT2D eigenvalue weighted by Gasteiger charge is 2.29. The number of rotatable bonds is 2. The van der Waals surface area contributed by atoms with Crippen LogP contribution >= 0.6 is 0 Å². The Kier molecular flexibility index (Phi) is 3.51. The normalized spacial score (nSPS) is 17.6. The summed E-state index contributed by atoms with van der Waals surface area (Å²) in [7, 11) is 0. The Bertz CT molecular complexity index is 678. The van der Waals surface area contributed by atoms with Crippen LogP contribution in [0.1, 0.15) is 42.5 Å². The summed E-state index contributed by atoms with van der Waals surface area (Å²) in [6.07, 6.45) is 4.89. The van der Waals surface area contributed by atoms with Crippen LogP contribution in [0, 0.1) is 0 Å². The maximum absolute atomic E-state index is 12.4. The predicted molar refractivity (Wildman–Crippen MR) is 80.9 cm³/mol. The minimum Gasteiger partial charge on any atom is -0.493 e. The molecule has 0 spiro atoms. The Balaban J connectivity index is 1.84. The van der Waals surface area contributed by atoms with Crippen LogP contribution < -0.4 is 11.1 Å². The lowest BCUT2D eigenvalue weighted by atomic mass is 9.89. The second-order valence-electron chi connectivity index (χ2n) is 5.75. The van der Waals surface area contributed by atoms with Crippen LogP contribution in [0.2, 0.25) is 0 Å². The molecule has 4 N–H and O–H groups in total. The van der Waals surface area contributed by atoms with E-state index in [-0.39, 0.29) is 11.8 Å². The first-order valence-corrected chi connectivity index (χ1v) is 7.27. The molecule has 1 amide bonds. The SMILES string of the molecule is NC1(NC(=O)c2ccc3ccc(O)nc3c2)CCCCC1. The summed E-state index contributed by atoms with van der Waals surface area (Å²) >= 11 is 0. The van der Waals surface area contributed by atoms with Crippen LogP contribution in [-0.4, -0.2) is 21.7 Å². The van der Waals surface area contributed by atoms with Crippen LogP contribution in [0.3, 0.4) is 0 Å². The van der Waals surface area contributed by atoms with E-state index in [1.807, 2.05) is 6.07 Å². The van der Waals surface area contributed by atoms with Crippen LogP contribution in [-0.2, 0) is 0 Å². The molecule has 1 aliphatic carbocycles. The first-order valence-electron chi connectivity index (χ1n) is 7.27. The molecule has 2 aromatic rings. The van der Waals surface area contributed by atoms with Gasteiger partial charge < -0.3 is 16.2 Å². The number of aromatic nitrogens is 1. The zero-order valence-corrected chi connectivity index (χ0v) is 11.8. The molecule has 3 rings (SSSR count). The summed E-state index contributed by atoms with van der Waals surface area (Å²) in [4.78, 5) is 16.4. The van der Waals surface area contributed by atoms with Gasteiger partial charge in [-0.25, -0.2) is 4.98 Å². The molecule has 5 nitrogen and oxygen atoms in total. The third-order valence-electron chi connectivity index (χ3n) is 4.05. The predicted octanol–water partition coefficient (Wildman–Crippen LogP) is 2.29. The minimum absolute atomic E-state index is 0.0531. The highest BCUT2D eigenvalue weighted by atomic mass is 16.3. The highest BCUT2D eigenvalue weighted by Crippen LogP contribution is 2.24. The standard InChI is InChI=1S/C16H19N3O2/c17-16(8-2-1-3-9-16)19-15(21)12-5-4-11-6-7-14(20)18-13(11)10-12/h4-7,10H,1-3,8-9,17H2,(H,18,20)(H,19,21). The van der Waals surface area contributed by atoms with E-state index in [1.165, 1.54) is 12.5 Å². The zero-order chi connectivity index (χ0) is 14.9. The second kappa shape index (κ2) is 5.33. The lowest BCUT2D eigenvalue weighted by Crippen LogP contribution is -2.56. The fourth-order valence-corrected chi connectivity index (χ4v) is 2.85. The van der Waals surface area contributed by atoms with Gasteiger partial charge in [0, 0.05) is 17.0 Å². The molecule has 0 radical (unpaired) electrons. The molecule has 0 bridgehead atoms. The van der Waals surface area contributed by atoms with Crippen LogP contribution in [0.25, 0.3) is 10.9 Å². The van der Waals surface area contributed by atoms with Gasteiger partial charge in [-0.15, -0.1) is 0 Å². The molecule has 110 valence electrons. The lowest BCUT2D eigenvalue weighted by Gasteiger charge is -2.34. The Morgan fingerprint density at radius 1 is 1.19 bits per heavy atom. The minimum atomic E-state index is -0.601. The van der Waals surface area contributed by atoms with Gasteiger partial charge >= 0.3 is 0 Å². The molecule has 0 atom stereocenters. The Morgan fingerprint density at radius 2 is 1.90 bits per heavy atom. The highest BCUT2D eigenvalue weighted by molar-refractivity contribution is 5.98. The molecule has 21 heavy (non-hydrogen) atoms. The van der Waals surface area contributed by atoms with Crippen molar-refractivity contribution in [3.05, 3.63) is 35.9 Å². The van der Waals surface area contributed by atoms with Crippen molar-refractivity contribution >= 4 is 16.8 Å². The number of carbonyl (C=O) groups is 1. The fraction of sp³-hybridized carbons (Fsp3) is 0.375. The summed E-state index contributed by atoms with van der Waals surface area (Å²) in [5.41, 5.74) is 6.75. The molecule has 1 aliphatic rings. The summed E-state index contributed by atoms with van der Waals surface area (Å²) in [5.74, 6) is -0.242. The van der Waals surface area contributed by atoms with E-state index in [0.29, 0.717) is 11.1 Å². The molecule has 1 saturated carbocycles. The van der Waals surface area contributed by atoms with Gasteiger partial charge in [0.1, 0.15) is 0 Å². The topological polar surface area (TPSA) is 88.2 Å². The largest absolute Gasteiger partial charge is 0.493 e. The van der Waals surface area contributed by atoms with E-state index in [4.69, 9.17) is 5.73 Å². The zero-order valence-electron chi connectivity index (χ0n) is 11.8. The third-order valence-corrected chi connectivity index (χ3v) is 4.05. The summed E-state index contributed by atoms with van der Waals surface area (Å²) in [5, 5.41) is 13.2. The van der Waals surface area contributed by atoms with Crippen molar-refractivity contribution in [3.8, 4) is 5.88 Å². The number of hydrogen-bond acceptors (Lipinski definition) is 4. The van der Waals surface area contributed by atoms with E-state index in [9.17, 15) is 9.90 Å². The number of fused-ring (bicyclic) bond motifs is 1. The van der Waals surface area contributed by atoms with Crippen LogP contribution in [0.4, 0.5) is 0 Å². The molecular weight excluding hydrogens is 266 g/mol. The van der Waals surface area contributed by atoms with Gasteiger partial charge in [0.2, 0.25) is 5.88 Å². The number of carbonyl (C=O) groups excluding carboxylic acids is 1. The van der Waals surface area contributed by atoms with Gasteiger partial charge in [0.25, 0.3) is 5.91 Å². The molecule has 1 heterocycles. The molecular formula is C16H19N3O2. The van der Waals surface area contributed by atoms with Gasteiger partial charge in [-0.2, -0.15) is 0 Å². The maximum atomic E-state index is 12.4. The Hall–Kier alpha value is -2.14. The van der Waals surface area contributed by atoms with E-state index in [1.54, 1.807) is 18.2 Å². The average molecular weight is 285 g/mol. The molecule has 1 aromatic heterocycles. The number of nitrogens with two attached hydrogens (primary N) is 1. The van der Waals surface area contributed by atoms with Gasteiger partial charge in [-0.1, -0.05) is 12.5 Å². The quantitative estimate of drug-likeness (QED) is 0.739. The van der Waals surface area contributed by atoms with E-state index in [2.05, 4.69) is 10.3 Å². The smallest absolute Gasteiger partial charge is 0.252 e. The van der Waals surface area contributed by atoms with Crippen molar-refractivity contribution in [3.63, 3.8) is 0 Å². The van der Waals surface area contributed by atoms with Crippen LogP contribution in [0.5, 0.6) is 5.88 Å². The first-order chi connectivity index (χ1) is 10.1. The third kappa shape index (κ3) is 2.97. The van der Waals surface area contributed by atoms with E-state index >= 15 is 0 Å². The number of nitrogens with zero attached hydrogens (tertiary/aromatic N) is 1. The fourth-order valence-electron chi connectivity index (χ4n) is 2.85. The Morgan fingerprint density at radius 3 is 2.67 bits per heavy atom. The number of aromatic hydroxyl groups is 1. The van der Waals surface area contributed by atoms with Gasteiger partial charge in [-0.05, 0) is 43.9 Å². The summed E-state index contributed by atoms with van der Waals surface area (Å²) in [6.45, 7) is 0. The van der Waals surface area contributed by atoms with Crippen molar-refractivity contribution in [2.75, 3.05) is 0 Å². The number of benzene rings is 1. The molecule has 5 heteroatoms. The second-order valence-corrected chi connectivity index (χ2v) is 5.75. The number of amides is 1. The lowest BCUT2D eigenvalue weighted by molar-refractivity contribution is 0.0874. The summed E-state index contributed by atoms with van der Waals surface area (Å²) < 4.78 is 0. The first kappa shape index (κ1) is 13.8. The number of hydrogen-bond donors (Lipinski definition) is 3.